The summed E-state index contributed by atoms with van der Waals surface area (Å²) in [6, 6.07) is 13.8. The van der Waals surface area contributed by atoms with Crippen LogP contribution in [0.15, 0.2) is 57.6 Å². The number of nitrogens with one attached hydrogen (secondary N) is 1. The van der Waals surface area contributed by atoms with Crippen LogP contribution >= 0.6 is 15.9 Å². The van der Waals surface area contributed by atoms with Gasteiger partial charge in [-0.15, -0.1) is 4.85 Å². The van der Waals surface area contributed by atoms with E-state index in [9.17, 15) is 15.2 Å². The standard InChI is InChI=1S/C19H13BrN6O4/c20-11-4-3-5-12(10-11)21-19(27)13-6-1-2-7-14(13)24-22-17-15(25(24)28)8-9-16-18(17)23-30-26(16)29/h1-7,10H,8-9H2,(H,21,27). The van der Waals surface area contributed by atoms with Gasteiger partial charge in [-0.3, -0.25) is 9.42 Å². The van der Waals surface area contributed by atoms with E-state index in [4.69, 9.17) is 0 Å². The van der Waals surface area contributed by atoms with Crippen molar-refractivity contribution in [2.24, 2.45) is 0 Å². The minimum absolute atomic E-state index is 0.241. The van der Waals surface area contributed by atoms with Crippen molar-refractivity contribution in [2.75, 3.05) is 5.32 Å². The summed E-state index contributed by atoms with van der Waals surface area (Å²) in [5, 5.41) is 35.5. The van der Waals surface area contributed by atoms with Crippen LogP contribution in [0.25, 0.3) is 17.1 Å². The summed E-state index contributed by atoms with van der Waals surface area (Å²) in [7, 11) is 0. The Morgan fingerprint density at radius 2 is 1.90 bits per heavy atom. The summed E-state index contributed by atoms with van der Waals surface area (Å²) in [5.41, 5.74) is 2.37. The minimum atomic E-state index is -0.392. The zero-order valence-corrected chi connectivity index (χ0v) is 16.9. The molecular weight excluding hydrogens is 456 g/mol. The number of rotatable bonds is 3. The van der Waals surface area contributed by atoms with Gasteiger partial charge in [0, 0.05) is 23.0 Å². The molecule has 1 N–H and O–H groups in total. The van der Waals surface area contributed by atoms with E-state index in [1.54, 1.807) is 42.5 Å². The van der Waals surface area contributed by atoms with Crippen LogP contribution in [-0.2, 0) is 12.8 Å². The summed E-state index contributed by atoms with van der Waals surface area (Å²) in [6.07, 6.45) is 0.621. The Balaban J connectivity index is 1.57. The molecule has 0 saturated carbocycles. The highest BCUT2D eigenvalue weighted by molar-refractivity contribution is 9.10. The van der Waals surface area contributed by atoms with Crippen LogP contribution in [0.3, 0.4) is 0 Å². The SMILES string of the molecule is O=C(Nc1cccc(Br)c1)c1ccccc1-n1nc2c([n+]1[O-])CCc1c-2no[n+]1[O-]. The van der Waals surface area contributed by atoms with E-state index in [0.717, 1.165) is 9.27 Å². The third kappa shape index (κ3) is 2.90. The molecule has 0 aliphatic heterocycles. The van der Waals surface area contributed by atoms with Gasteiger partial charge in [0.05, 0.1) is 15.8 Å². The molecule has 0 radical (unpaired) electrons. The van der Waals surface area contributed by atoms with E-state index in [-0.39, 0.29) is 17.0 Å². The Kier molecular flexibility index (Phi) is 4.24. The third-order valence-electron chi connectivity index (χ3n) is 4.84. The number of para-hydroxylation sites is 1. The molecular formula is C19H13BrN6O4. The van der Waals surface area contributed by atoms with Crippen LogP contribution in [0.1, 0.15) is 21.7 Å². The van der Waals surface area contributed by atoms with Crippen LogP contribution < -0.4 is 15.1 Å². The van der Waals surface area contributed by atoms with E-state index in [2.05, 4.69) is 36.1 Å². The predicted octanol–water partition coefficient (Wildman–Crippen LogP) is 1.91. The number of nitrogens with zero attached hydrogens (tertiary/aromatic N) is 5. The first kappa shape index (κ1) is 18.3. The van der Waals surface area contributed by atoms with E-state index in [0.29, 0.717) is 45.4 Å². The van der Waals surface area contributed by atoms with Crippen LogP contribution in [0, 0.1) is 10.4 Å². The second-order valence-electron chi connectivity index (χ2n) is 6.66. The zero-order chi connectivity index (χ0) is 20.8. The van der Waals surface area contributed by atoms with Gasteiger partial charge in [0.2, 0.25) is 5.69 Å². The second-order valence-corrected chi connectivity index (χ2v) is 7.58. The van der Waals surface area contributed by atoms with E-state index in [1.807, 2.05) is 6.07 Å². The topological polar surface area (TPSA) is 127 Å². The van der Waals surface area contributed by atoms with Crippen molar-refractivity contribution < 1.29 is 19.2 Å². The quantitative estimate of drug-likeness (QED) is 0.361. The maximum atomic E-state index is 12.9. The number of anilines is 1. The summed E-state index contributed by atoms with van der Waals surface area (Å²) in [6.45, 7) is 0. The van der Waals surface area contributed by atoms with Crippen LogP contribution in [0.4, 0.5) is 5.69 Å². The van der Waals surface area contributed by atoms with Crippen LogP contribution in [-0.4, -0.2) is 21.0 Å². The molecule has 2 heterocycles. The van der Waals surface area contributed by atoms with E-state index >= 15 is 0 Å². The number of aromatic nitrogens is 5. The number of halogens is 1. The Morgan fingerprint density at radius 1 is 1.10 bits per heavy atom. The Morgan fingerprint density at radius 3 is 2.73 bits per heavy atom. The van der Waals surface area contributed by atoms with Gasteiger partial charge in [-0.25, -0.2) is 0 Å². The van der Waals surface area contributed by atoms with Gasteiger partial charge in [0.1, 0.15) is 5.69 Å². The molecule has 0 unspecified atom stereocenters. The Labute approximate surface area is 177 Å². The molecule has 1 amide bonds. The van der Waals surface area contributed by atoms with Crippen molar-refractivity contribution in [3.05, 3.63) is 80.4 Å². The normalized spacial score (nSPS) is 12.3. The molecule has 1 aliphatic carbocycles. The lowest BCUT2D eigenvalue weighted by Gasteiger charge is -2.11. The van der Waals surface area contributed by atoms with Crippen LogP contribution in [0.2, 0.25) is 0 Å². The molecule has 5 rings (SSSR count). The summed E-state index contributed by atoms with van der Waals surface area (Å²) in [5.74, 6) is -0.392. The van der Waals surface area contributed by atoms with Crippen molar-refractivity contribution in [1.29, 1.82) is 0 Å². The molecule has 150 valence electrons. The Hall–Kier alpha value is -3.73. The molecule has 1 aliphatic rings. The molecule has 4 aromatic rings. The maximum Gasteiger partial charge on any atom is 0.303 e. The number of carbonyl (C=O) groups excluding carboxylic acids is 1. The average Bonchev–Trinajstić information content (AvgIpc) is 3.28. The average molecular weight is 469 g/mol. The van der Waals surface area contributed by atoms with Gasteiger partial charge < -0.3 is 15.7 Å². The zero-order valence-electron chi connectivity index (χ0n) is 15.3. The van der Waals surface area contributed by atoms with Gasteiger partial charge >= 0.3 is 11.4 Å². The summed E-state index contributed by atoms with van der Waals surface area (Å²) in [4.78, 5) is 15.0. The largest absolute Gasteiger partial charge is 0.692 e. The van der Waals surface area contributed by atoms with Crippen molar-refractivity contribution in [3.63, 3.8) is 0 Å². The molecule has 0 atom stereocenters. The molecule has 11 heteroatoms. The maximum absolute atomic E-state index is 12.9. The highest BCUT2D eigenvalue weighted by atomic mass is 79.9. The molecule has 2 aromatic heterocycles. The van der Waals surface area contributed by atoms with Gasteiger partial charge in [-0.05, 0) is 40.0 Å². The molecule has 2 aromatic carbocycles. The summed E-state index contributed by atoms with van der Waals surface area (Å²) >= 11 is 3.37. The first-order valence-corrected chi connectivity index (χ1v) is 9.79. The van der Waals surface area contributed by atoms with Gasteiger partial charge in [-0.1, -0.05) is 34.1 Å². The number of hydrogen-bond acceptors (Lipinski definition) is 6. The fourth-order valence-electron chi connectivity index (χ4n) is 3.45. The lowest BCUT2D eigenvalue weighted by molar-refractivity contribution is -0.808. The molecule has 0 saturated heterocycles. The Bertz CT molecular complexity index is 1300. The number of carbonyl (C=O) groups is 1. The third-order valence-corrected chi connectivity index (χ3v) is 5.33. The van der Waals surface area contributed by atoms with Crippen molar-refractivity contribution in [2.45, 2.75) is 12.8 Å². The predicted molar refractivity (Wildman–Crippen MR) is 106 cm³/mol. The van der Waals surface area contributed by atoms with Gasteiger partial charge in [0.25, 0.3) is 5.91 Å². The van der Waals surface area contributed by atoms with Crippen molar-refractivity contribution >= 4 is 27.5 Å². The molecule has 30 heavy (non-hydrogen) atoms. The second kappa shape index (κ2) is 6.95. The summed E-state index contributed by atoms with van der Waals surface area (Å²) < 4.78 is 5.47. The lowest BCUT2D eigenvalue weighted by atomic mass is 10.0. The van der Waals surface area contributed by atoms with Crippen molar-refractivity contribution in [3.8, 4) is 17.1 Å². The fraction of sp³-hybridized carbons (Fsp3) is 0.105. The van der Waals surface area contributed by atoms with Crippen LogP contribution in [0.5, 0.6) is 0 Å². The first-order valence-electron chi connectivity index (χ1n) is 9.00. The molecule has 0 bridgehead atoms. The number of amides is 1. The monoisotopic (exact) mass is 468 g/mol. The number of hydrogen-bond donors (Lipinski definition) is 1. The lowest BCUT2D eigenvalue weighted by Crippen LogP contribution is -2.42. The highest BCUT2D eigenvalue weighted by Crippen LogP contribution is 2.28. The number of benzene rings is 2. The molecule has 0 fully saturated rings. The fourth-order valence-corrected chi connectivity index (χ4v) is 3.84. The smallest absolute Gasteiger partial charge is 0.303 e. The van der Waals surface area contributed by atoms with Gasteiger partial charge in [0.15, 0.2) is 5.69 Å². The number of fused-ring (bicyclic) bond motifs is 3. The van der Waals surface area contributed by atoms with Gasteiger partial charge in [-0.2, -0.15) is 0 Å². The molecule has 10 nitrogen and oxygen atoms in total. The van der Waals surface area contributed by atoms with E-state index in [1.165, 1.54) is 0 Å². The molecule has 0 spiro atoms. The highest BCUT2D eigenvalue weighted by Gasteiger charge is 2.39. The minimum Gasteiger partial charge on any atom is -0.692 e. The van der Waals surface area contributed by atoms with Crippen molar-refractivity contribution in [1.82, 2.24) is 15.1 Å². The van der Waals surface area contributed by atoms with E-state index < -0.39 is 5.91 Å². The first-order chi connectivity index (χ1) is 14.5.